The lowest BCUT2D eigenvalue weighted by molar-refractivity contribution is -0.132. The fourth-order valence-electron chi connectivity index (χ4n) is 2.50. The van der Waals surface area contributed by atoms with Crippen LogP contribution in [0.15, 0.2) is 0 Å². The molecule has 4 nitrogen and oxygen atoms in total. The smallest absolute Gasteiger partial charge is 0.239 e. The Kier molecular flexibility index (Phi) is 4.70. The molecule has 0 bridgehead atoms. The molecule has 2 saturated heterocycles. The lowest BCUT2D eigenvalue weighted by atomic mass is 10.1. The van der Waals surface area contributed by atoms with E-state index in [1.807, 2.05) is 16.7 Å². The number of thioether (sulfide) groups is 1. The second-order valence-corrected chi connectivity index (χ2v) is 6.09. The van der Waals surface area contributed by atoms with E-state index in [-0.39, 0.29) is 6.04 Å². The zero-order valence-electron chi connectivity index (χ0n) is 10.8. The zero-order chi connectivity index (χ0) is 12.3. The molecular weight excluding hydrogens is 234 g/mol. The number of amides is 1. The van der Waals surface area contributed by atoms with Gasteiger partial charge in [-0.25, -0.2) is 0 Å². The van der Waals surface area contributed by atoms with Crippen molar-refractivity contribution in [1.29, 1.82) is 0 Å². The van der Waals surface area contributed by atoms with Gasteiger partial charge >= 0.3 is 0 Å². The van der Waals surface area contributed by atoms with Gasteiger partial charge in [-0.3, -0.25) is 4.79 Å². The molecule has 0 unspecified atom stereocenters. The molecule has 2 heterocycles. The van der Waals surface area contributed by atoms with Crippen molar-refractivity contribution in [2.75, 3.05) is 44.7 Å². The topological polar surface area (TPSA) is 35.6 Å². The molecule has 2 rings (SSSR count). The first-order valence-electron chi connectivity index (χ1n) is 6.52. The SMILES string of the molecule is CCN(C)[C@@H]1CN[C@H](C(=O)N2CCSCC2)C1. The molecule has 1 N–H and O–H groups in total. The lowest BCUT2D eigenvalue weighted by Crippen LogP contribution is -2.46. The maximum Gasteiger partial charge on any atom is 0.239 e. The number of rotatable bonds is 3. The second kappa shape index (κ2) is 6.07. The van der Waals surface area contributed by atoms with Crippen LogP contribution in [0.3, 0.4) is 0 Å². The van der Waals surface area contributed by atoms with Crippen molar-refractivity contribution in [3.63, 3.8) is 0 Å². The molecular formula is C12H23N3OS. The Morgan fingerprint density at radius 1 is 1.47 bits per heavy atom. The number of hydrogen-bond acceptors (Lipinski definition) is 4. The van der Waals surface area contributed by atoms with Crippen LogP contribution in [-0.4, -0.2) is 72.5 Å². The fraction of sp³-hybridized carbons (Fsp3) is 0.917. The van der Waals surface area contributed by atoms with Crippen LogP contribution in [0.5, 0.6) is 0 Å². The average molecular weight is 257 g/mol. The highest BCUT2D eigenvalue weighted by Gasteiger charge is 2.33. The van der Waals surface area contributed by atoms with E-state index in [9.17, 15) is 4.79 Å². The standard InChI is InChI=1S/C12H23N3OS/c1-3-14(2)10-8-11(13-9-10)12(16)15-4-6-17-7-5-15/h10-11,13H,3-9H2,1-2H3/t10-,11-/m0/s1. The highest BCUT2D eigenvalue weighted by Crippen LogP contribution is 2.16. The summed E-state index contributed by atoms with van der Waals surface area (Å²) in [6, 6.07) is 0.574. The number of nitrogens with one attached hydrogen (secondary N) is 1. The van der Waals surface area contributed by atoms with Crippen molar-refractivity contribution < 1.29 is 4.79 Å². The van der Waals surface area contributed by atoms with Gasteiger partial charge in [0.05, 0.1) is 6.04 Å². The minimum atomic E-state index is 0.0529. The zero-order valence-corrected chi connectivity index (χ0v) is 11.6. The summed E-state index contributed by atoms with van der Waals surface area (Å²) in [7, 11) is 2.14. The molecule has 0 spiro atoms. The summed E-state index contributed by atoms with van der Waals surface area (Å²) in [6.07, 6.45) is 0.965. The van der Waals surface area contributed by atoms with E-state index in [2.05, 4.69) is 24.2 Å². The minimum absolute atomic E-state index is 0.0529. The summed E-state index contributed by atoms with van der Waals surface area (Å²) in [5, 5.41) is 3.38. The monoisotopic (exact) mass is 257 g/mol. The van der Waals surface area contributed by atoms with Crippen LogP contribution in [0.25, 0.3) is 0 Å². The molecule has 1 amide bonds. The van der Waals surface area contributed by atoms with Gasteiger partial charge in [-0.2, -0.15) is 11.8 Å². The summed E-state index contributed by atoms with van der Waals surface area (Å²) in [5.74, 6) is 2.50. The molecule has 0 radical (unpaired) electrons. The van der Waals surface area contributed by atoms with Gasteiger partial charge in [0.15, 0.2) is 0 Å². The van der Waals surface area contributed by atoms with Crippen molar-refractivity contribution in [2.24, 2.45) is 0 Å². The molecule has 0 aromatic carbocycles. The normalized spacial score (nSPS) is 29.9. The number of likely N-dealkylation sites (N-methyl/N-ethyl adjacent to an activating group) is 1. The van der Waals surface area contributed by atoms with Crippen LogP contribution in [0.4, 0.5) is 0 Å². The first kappa shape index (κ1) is 13.2. The second-order valence-electron chi connectivity index (χ2n) is 4.86. The predicted octanol–water partition coefficient (Wildman–Crippen LogP) is 0.244. The molecule has 0 aromatic rings. The highest BCUT2D eigenvalue weighted by atomic mass is 32.2. The van der Waals surface area contributed by atoms with E-state index in [0.29, 0.717) is 11.9 Å². The van der Waals surface area contributed by atoms with Gasteiger partial charge in [0.2, 0.25) is 5.91 Å². The molecule has 98 valence electrons. The molecule has 17 heavy (non-hydrogen) atoms. The van der Waals surface area contributed by atoms with Crippen molar-refractivity contribution in [2.45, 2.75) is 25.4 Å². The van der Waals surface area contributed by atoms with Crippen LogP contribution in [-0.2, 0) is 4.79 Å². The Labute approximate surface area is 108 Å². The third kappa shape index (κ3) is 3.14. The maximum absolute atomic E-state index is 12.3. The molecule has 2 aliphatic heterocycles. The summed E-state index contributed by atoms with van der Waals surface area (Å²) in [6.45, 7) is 6.01. The van der Waals surface area contributed by atoms with Gasteiger partial charge in [-0.1, -0.05) is 6.92 Å². The largest absolute Gasteiger partial charge is 0.340 e. The summed E-state index contributed by atoms with van der Waals surface area (Å²) < 4.78 is 0. The van der Waals surface area contributed by atoms with Crippen molar-refractivity contribution in [1.82, 2.24) is 15.1 Å². The van der Waals surface area contributed by atoms with Crippen LogP contribution >= 0.6 is 11.8 Å². The van der Waals surface area contributed by atoms with Gasteiger partial charge < -0.3 is 15.1 Å². The number of carbonyl (C=O) groups excluding carboxylic acids is 1. The predicted molar refractivity (Wildman–Crippen MR) is 72.4 cm³/mol. The third-order valence-electron chi connectivity index (χ3n) is 3.85. The fourth-order valence-corrected chi connectivity index (χ4v) is 3.41. The van der Waals surface area contributed by atoms with E-state index in [4.69, 9.17) is 0 Å². The highest BCUT2D eigenvalue weighted by molar-refractivity contribution is 7.99. The van der Waals surface area contributed by atoms with E-state index >= 15 is 0 Å². The Hall–Kier alpha value is -0.260. The quantitative estimate of drug-likeness (QED) is 0.786. The van der Waals surface area contributed by atoms with Crippen molar-refractivity contribution >= 4 is 17.7 Å². The minimum Gasteiger partial charge on any atom is -0.340 e. The van der Waals surface area contributed by atoms with E-state index in [0.717, 1.165) is 44.1 Å². The van der Waals surface area contributed by atoms with Crippen LogP contribution in [0, 0.1) is 0 Å². The van der Waals surface area contributed by atoms with Crippen molar-refractivity contribution in [3.05, 3.63) is 0 Å². The molecule has 2 aliphatic rings. The summed E-state index contributed by atoms with van der Waals surface area (Å²) in [5.41, 5.74) is 0. The number of hydrogen-bond donors (Lipinski definition) is 1. The number of nitrogens with zero attached hydrogens (tertiary/aromatic N) is 2. The number of carbonyl (C=O) groups is 1. The van der Waals surface area contributed by atoms with Gasteiger partial charge in [0.1, 0.15) is 0 Å². The molecule has 2 fully saturated rings. The summed E-state index contributed by atoms with van der Waals surface area (Å²) in [4.78, 5) is 16.6. The van der Waals surface area contributed by atoms with E-state index < -0.39 is 0 Å². The van der Waals surface area contributed by atoms with Crippen LogP contribution in [0.1, 0.15) is 13.3 Å². The Bertz CT molecular complexity index is 268. The van der Waals surface area contributed by atoms with Gasteiger partial charge in [0, 0.05) is 37.2 Å². The maximum atomic E-state index is 12.3. The molecule has 0 aromatic heterocycles. The average Bonchev–Trinajstić information content (AvgIpc) is 2.87. The first-order valence-corrected chi connectivity index (χ1v) is 7.68. The van der Waals surface area contributed by atoms with Gasteiger partial charge in [-0.15, -0.1) is 0 Å². The summed E-state index contributed by atoms with van der Waals surface area (Å²) >= 11 is 1.95. The van der Waals surface area contributed by atoms with E-state index in [1.165, 1.54) is 0 Å². The van der Waals surface area contributed by atoms with Crippen molar-refractivity contribution in [3.8, 4) is 0 Å². The van der Waals surface area contributed by atoms with E-state index in [1.54, 1.807) is 0 Å². The Morgan fingerprint density at radius 2 is 2.18 bits per heavy atom. The lowest BCUT2D eigenvalue weighted by Gasteiger charge is -2.29. The molecule has 2 atom stereocenters. The van der Waals surface area contributed by atoms with Gasteiger partial charge in [-0.05, 0) is 20.0 Å². The first-order chi connectivity index (χ1) is 8.22. The van der Waals surface area contributed by atoms with Crippen LogP contribution < -0.4 is 5.32 Å². The Morgan fingerprint density at radius 3 is 2.82 bits per heavy atom. The molecule has 0 saturated carbocycles. The van der Waals surface area contributed by atoms with Crippen LogP contribution in [0.2, 0.25) is 0 Å². The Balaban J connectivity index is 1.84. The van der Waals surface area contributed by atoms with Gasteiger partial charge in [0.25, 0.3) is 0 Å². The molecule has 5 heteroatoms. The third-order valence-corrected chi connectivity index (χ3v) is 4.79. The molecule has 0 aliphatic carbocycles.